The van der Waals surface area contributed by atoms with Crippen molar-refractivity contribution in [2.75, 3.05) is 26.7 Å². The van der Waals surface area contributed by atoms with E-state index in [1.165, 1.54) is 4.68 Å². The van der Waals surface area contributed by atoms with Gasteiger partial charge >= 0.3 is 0 Å². The number of nitrogens with zero attached hydrogens (tertiary/aromatic N) is 4. The molecule has 1 fully saturated rings. The number of fused-ring (bicyclic) bond motifs is 1. The zero-order valence-corrected chi connectivity index (χ0v) is 13.9. The number of rotatable bonds is 5. The third-order valence-corrected chi connectivity index (χ3v) is 4.53. The molecule has 1 atom stereocenters. The Morgan fingerprint density at radius 1 is 1.38 bits per heavy atom. The van der Waals surface area contributed by atoms with Crippen molar-refractivity contribution in [1.29, 1.82) is 0 Å². The smallest absolute Gasteiger partial charge is 0.277 e. The number of benzene rings is 1. The minimum atomic E-state index is -0.194. The average molecular weight is 329 g/mol. The van der Waals surface area contributed by atoms with Crippen molar-refractivity contribution >= 4 is 16.8 Å². The molecular weight excluding hydrogens is 306 g/mol. The Balaban J connectivity index is 1.64. The first-order valence-electron chi connectivity index (χ1n) is 8.44. The van der Waals surface area contributed by atoms with Crippen molar-refractivity contribution in [3.05, 3.63) is 34.6 Å². The summed E-state index contributed by atoms with van der Waals surface area (Å²) in [5.41, 5.74) is 0.385. The molecule has 1 saturated heterocycles. The number of amides is 1. The van der Waals surface area contributed by atoms with Gasteiger partial charge in [0.05, 0.1) is 11.9 Å². The van der Waals surface area contributed by atoms with Crippen LogP contribution in [0.2, 0.25) is 0 Å². The van der Waals surface area contributed by atoms with Crippen molar-refractivity contribution in [3.8, 4) is 0 Å². The molecule has 0 bridgehead atoms. The van der Waals surface area contributed by atoms with Crippen LogP contribution in [0, 0.1) is 5.92 Å². The first-order valence-corrected chi connectivity index (χ1v) is 8.44. The fraction of sp³-hybridized carbons (Fsp3) is 0.529. The van der Waals surface area contributed by atoms with Crippen LogP contribution in [0.4, 0.5) is 0 Å². The van der Waals surface area contributed by atoms with Crippen LogP contribution < -0.4 is 10.9 Å². The van der Waals surface area contributed by atoms with E-state index in [4.69, 9.17) is 0 Å². The Labute approximate surface area is 140 Å². The van der Waals surface area contributed by atoms with Crippen LogP contribution >= 0.6 is 0 Å². The first-order chi connectivity index (χ1) is 11.7. The Kier molecular flexibility index (Phi) is 5.20. The molecule has 1 aromatic carbocycles. The molecule has 1 aliphatic rings. The molecule has 7 heteroatoms. The fourth-order valence-corrected chi connectivity index (χ4v) is 3.28. The van der Waals surface area contributed by atoms with Gasteiger partial charge in [0.1, 0.15) is 5.52 Å². The lowest BCUT2D eigenvalue weighted by molar-refractivity contribution is -0.133. The van der Waals surface area contributed by atoms with Crippen LogP contribution in [0.1, 0.15) is 19.3 Å². The maximum atomic E-state index is 12.4. The number of likely N-dealkylation sites (tertiary alicyclic amines) is 1. The van der Waals surface area contributed by atoms with E-state index >= 15 is 0 Å². The summed E-state index contributed by atoms with van der Waals surface area (Å²) in [4.78, 5) is 26.7. The van der Waals surface area contributed by atoms with Gasteiger partial charge in [0.25, 0.3) is 5.56 Å². The van der Waals surface area contributed by atoms with Crippen molar-refractivity contribution < 1.29 is 4.79 Å². The number of carbonyl (C=O) groups excluding carboxylic acids is 1. The second-order valence-corrected chi connectivity index (χ2v) is 6.29. The van der Waals surface area contributed by atoms with E-state index in [9.17, 15) is 9.59 Å². The second kappa shape index (κ2) is 7.53. The molecule has 0 saturated carbocycles. The van der Waals surface area contributed by atoms with Crippen molar-refractivity contribution in [2.45, 2.75) is 25.8 Å². The van der Waals surface area contributed by atoms with Gasteiger partial charge in [-0.15, -0.1) is 5.10 Å². The summed E-state index contributed by atoms with van der Waals surface area (Å²) in [5.74, 6) is 0.591. The largest absolute Gasteiger partial charge is 0.342 e. The average Bonchev–Trinajstić information content (AvgIpc) is 2.62. The Morgan fingerprint density at radius 3 is 3.04 bits per heavy atom. The van der Waals surface area contributed by atoms with E-state index in [0.29, 0.717) is 16.8 Å². The number of aromatic nitrogens is 3. The maximum Gasteiger partial charge on any atom is 0.277 e. The van der Waals surface area contributed by atoms with Crippen molar-refractivity contribution in [2.24, 2.45) is 5.92 Å². The quantitative estimate of drug-likeness (QED) is 0.871. The van der Waals surface area contributed by atoms with Crippen molar-refractivity contribution in [1.82, 2.24) is 25.2 Å². The predicted molar refractivity (Wildman–Crippen MR) is 91.6 cm³/mol. The van der Waals surface area contributed by atoms with Crippen LogP contribution in [-0.4, -0.2) is 52.5 Å². The van der Waals surface area contributed by atoms with E-state index in [0.717, 1.165) is 32.5 Å². The first kappa shape index (κ1) is 16.6. The lowest BCUT2D eigenvalue weighted by Gasteiger charge is -2.32. The topological polar surface area (TPSA) is 80.1 Å². The summed E-state index contributed by atoms with van der Waals surface area (Å²) in [6.07, 6.45) is 2.47. The van der Waals surface area contributed by atoms with Gasteiger partial charge in [0, 0.05) is 19.5 Å². The Hall–Kier alpha value is -2.28. The van der Waals surface area contributed by atoms with E-state index in [1.807, 2.05) is 18.0 Å². The molecule has 0 radical (unpaired) electrons. The van der Waals surface area contributed by atoms with Gasteiger partial charge in [-0.2, -0.15) is 0 Å². The number of aryl methyl sites for hydroxylation is 1. The molecule has 1 N–H and O–H groups in total. The third-order valence-electron chi connectivity index (χ3n) is 4.53. The summed E-state index contributed by atoms with van der Waals surface area (Å²) in [7, 11) is 1.94. The van der Waals surface area contributed by atoms with Gasteiger partial charge in [0.2, 0.25) is 5.91 Å². The number of piperidine rings is 1. The highest BCUT2D eigenvalue weighted by Crippen LogP contribution is 2.16. The Morgan fingerprint density at radius 2 is 2.21 bits per heavy atom. The van der Waals surface area contributed by atoms with Crippen molar-refractivity contribution in [3.63, 3.8) is 0 Å². The number of carbonyl (C=O) groups is 1. The molecule has 128 valence electrons. The maximum absolute atomic E-state index is 12.4. The van der Waals surface area contributed by atoms with Gasteiger partial charge in [0.15, 0.2) is 0 Å². The fourth-order valence-electron chi connectivity index (χ4n) is 3.28. The zero-order chi connectivity index (χ0) is 16.9. The molecule has 0 spiro atoms. The summed E-state index contributed by atoms with van der Waals surface area (Å²) in [6.45, 7) is 2.79. The van der Waals surface area contributed by atoms with E-state index in [1.54, 1.807) is 18.2 Å². The second-order valence-electron chi connectivity index (χ2n) is 6.29. The minimum Gasteiger partial charge on any atom is -0.342 e. The molecule has 0 aliphatic carbocycles. The van der Waals surface area contributed by atoms with E-state index < -0.39 is 0 Å². The van der Waals surface area contributed by atoms with Crippen LogP contribution in [0.3, 0.4) is 0 Å². The van der Waals surface area contributed by atoms with Crippen LogP contribution in [0.25, 0.3) is 10.9 Å². The molecule has 1 aromatic heterocycles. The van der Waals surface area contributed by atoms with Crippen LogP contribution in [0.5, 0.6) is 0 Å². The highest BCUT2D eigenvalue weighted by Gasteiger charge is 2.23. The monoisotopic (exact) mass is 329 g/mol. The molecule has 1 amide bonds. The molecule has 1 aliphatic heterocycles. The summed E-state index contributed by atoms with van der Waals surface area (Å²) < 4.78 is 1.29. The third kappa shape index (κ3) is 3.62. The van der Waals surface area contributed by atoms with Crippen LogP contribution in [-0.2, 0) is 11.3 Å². The molecule has 2 heterocycles. The standard InChI is InChI=1S/C17H23N5O2/c1-18-11-13-5-4-9-21(12-13)16(23)8-10-22-17(24)14-6-2-3-7-15(14)19-20-22/h2-3,6-7,13,18H,4-5,8-12H2,1H3. The Bertz CT molecular complexity index is 771. The van der Waals surface area contributed by atoms with Gasteiger partial charge in [-0.1, -0.05) is 17.3 Å². The number of nitrogens with one attached hydrogen (secondary N) is 1. The summed E-state index contributed by atoms with van der Waals surface area (Å²) in [5, 5.41) is 11.7. The lowest BCUT2D eigenvalue weighted by atomic mass is 9.98. The molecule has 1 unspecified atom stereocenters. The van der Waals surface area contributed by atoms with Gasteiger partial charge in [-0.05, 0) is 44.5 Å². The highest BCUT2D eigenvalue weighted by molar-refractivity contribution is 5.77. The molecule has 7 nitrogen and oxygen atoms in total. The molecule has 24 heavy (non-hydrogen) atoms. The number of hydrogen-bond donors (Lipinski definition) is 1. The van der Waals surface area contributed by atoms with Gasteiger partial charge < -0.3 is 10.2 Å². The van der Waals surface area contributed by atoms with Gasteiger partial charge in [-0.25, -0.2) is 4.68 Å². The predicted octanol–water partition coefficient (Wildman–Crippen LogP) is 0.640. The normalized spacial score (nSPS) is 18.0. The zero-order valence-electron chi connectivity index (χ0n) is 13.9. The lowest BCUT2D eigenvalue weighted by Crippen LogP contribution is -2.43. The van der Waals surface area contributed by atoms with Gasteiger partial charge in [-0.3, -0.25) is 9.59 Å². The highest BCUT2D eigenvalue weighted by atomic mass is 16.2. The number of hydrogen-bond acceptors (Lipinski definition) is 5. The van der Waals surface area contributed by atoms with E-state index in [2.05, 4.69) is 15.6 Å². The molecule has 3 rings (SSSR count). The minimum absolute atomic E-state index is 0.0812. The molecule has 2 aromatic rings. The molecular formula is C17H23N5O2. The van der Waals surface area contributed by atoms with E-state index in [-0.39, 0.29) is 24.4 Å². The summed E-state index contributed by atoms with van der Waals surface area (Å²) in [6, 6.07) is 7.12. The summed E-state index contributed by atoms with van der Waals surface area (Å²) >= 11 is 0. The van der Waals surface area contributed by atoms with Crippen LogP contribution in [0.15, 0.2) is 29.1 Å². The SMILES string of the molecule is CNCC1CCCN(C(=O)CCn2nnc3ccccc3c2=O)C1.